The number of carbonyl (C=O) groups is 1. The second kappa shape index (κ2) is 8.09. The molecule has 28 heavy (non-hydrogen) atoms. The Morgan fingerprint density at radius 1 is 1.25 bits per heavy atom. The van der Waals surface area contributed by atoms with Crippen LogP contribution in [0.5, 0.6) is 5.75 Å². The fourth-order valence-electron chi connectivity index (χ4n) is 3.51. The Morgan fingerprint density at radius 3 is 2.86 bits per heavy atom. The number of benzene rings is 1. The number of rotatable bonds is 5. The normalized spacial score (nSPS) is 14.5. The molecule has 2 aromatic heterocycles. The molecule has 1 amide bonds. The zero-order valence-electron chi connectivity index (χ0n) is 16.2. The first kappa shape index (κ1) is 19.2. The van der Waals surface area contributed by atoms with Gasteiger partial charge in [-0.3, -0.25) is 4.79 Å². The number of ether oxygens (including phenoxy) is 1. The molecule has 4 rings (SSSR count). The van der Waals surface area contributed by atoms with Crippen LogP contribution in [-0.2, 0) is 17.6 Å². The molecule has 0 aliphatic heterocycles. The van der Waals surface area contributed by atoms with E-state index in [-0.39, 0.29) is 11.2 Å². The van der Waals surface area contributed by atoms with E-state index >= 15 is 0 Å². The van der Waals surface area contributed by atoms with Crippen molar-refractivity contribution in [3.8, 4) is 5.75 Å². The van der Waals surface area contributed by atoms with Crippen molar-refractivity contribution in [1.29, 1.82) is 0 Å². The summed E-state index contributed by atoms with van der Waals surface area (Å²) in [5.41, 5.74) is 2.07. The van der Waals surface area contributed by atoms with Gasteiger partial charge in [0.25, 0.3) is 0 Å². The van der Waals surface area contributed by atoms with Crippen molar-refractivity contribution in [3.63, 3.8) is 0 Å². The van der Waals surface area contributed by atoms with Gasteiger partial charge in [-0.1, -0.05) is 23.9 Å². The Labute approximate surface area is 172 Å². The summed E-state index contributed by atoms with van der Waals surface area (Å²) >= 11 is 3.30. The quantitative estimate of drug-likeness (QED) is 0.471. The van der Waals surface area contributed by atoms with E-state index < -0.39 is 0 Å². The van der Waals surface area contributed by atoms with Crippen LogP contribution in [0.2, 0.25) is 0 Å². The van der Waals surface area contributed by atoms with E-state index in [0.717, 1.165) is 33.9 Å². The van der Waals surface area contributed by atoms with Crippen LogP contribution in [0.25, 0.3) is 10.2 Å². The van der Waals surface area contributed by atoms with Crippen molar-refractivity contribution in [2.24, 2.45) is 0 Å². The third-order valence-corrected chi connectivity index (χ3v) is 7.19. The lowest BCUT2D eigenvalue weighted by Crippen LogP contribution is -2.23. The minimum atomic E-state index is -0.290. The second-order valence-electron chi connectivity index (χ2n) is 6.92. The van der Waals surface area contributed by atoms with Gasteiger partial charge in [-0.05, 0) is 57.2 Å². The maximum Gasteiger partial charge on any atom is 0.237 e. The summed E-state index contributed by atoms with van der Waals surface area (Å²) in [5, 5.41) is 4.76. The van der Waals surface area contributed by atoms with Gasteiger partial charge in [0.1, 0.15) is 21.4 Å². The summed E-state index contributed by atoms with van der Waals surface area (Å²) in [7, 11) is 1.60. The van der Waals surface area contributed by atoms with Crippen LogP contribution in [0.3, 0.4) is 0 Å². The average molecular weight is 414 g/mol. The number of aromatic nitrogens is 2. The number of hydrogen-bond acceptors (Lipinski definition) is 6. The van der Waals surface area contributed by atoms with E-state index in [9.17, 15) is 4.79 Å². The van der Waals surface area contributed by atoms with Gasteiger partial charge in [0, 0.05) is 10.3 Å². The minimum Gasteiger partial charge on any atom is -0.495 e. The zero-order chi connectivity index (χ0) is 19.7. The lowest BCUT2D eigenvalue weighted by Gasteiger charge is -2.15. The predicted octanol–water partition coefficient (Wildman–Crippen LogP) is 5.01. The Kier molecular flexibility index (Phi) is 5.55. The molecule has 3 aromatic rings. The van der Waals surface area contributed by atoms with Crippen molar-refractivity contribution in [2.75, 3.05) is 12.4 Å². The van der Waals surface area contributed by atoms with Crippen molar-refractivity contribution in [3.05, 3.63) is 40.5 Å². The van der Waals surface area contributed by atoms with Crippen LogP contribution in [0.4, 0.5) is 5.69 Å². The van der Waals surface area contributed by atoms with Crippen LogP contribution in [-0.4, -0.2) is 28.2 Å². The molecule has 0 saturated carbocycles. The molecule has 1 aliphatic carbocycles. The van der Waals surface area contributed by atoms with Crippen LogP contribution < -0.4 is 10.1 Å². The number of para-hydroxylation sites is 2. The van der Waals surface area contributed by atoms with Gasteiger partial charge >= 0.3 is 0 Å². The Morgan fingerprint density at radius 2 is 2.04 bits per heavy atom. The Hall–Kier alpha value is -2.12. The van der Waals surface area contributed by atoms with Crippen molar-refractivity contribution in [1.82, 2.24) is 9.97 Å². The maximum atomic E-state index is 12.8. The van der Waals surface area contributed by atoms with E-state index in [1.165, 1.54) is 35.0 Å². The van der Waals surface area contributed by atoms with Crippen molar-refractivity contribution >= 4 is 44.9 Å². The summed E-state index contributed by atoms with van der Waals surface area (Å²) in [6.07, 6.45) is 4.66. The molecule has 1 atom stereocenters. The molecule has 0 radical (unpaired) electrons. The number of aryl methyl sites for hydroxylation is 3. The van der Waals surface area contributed by atoms with Crippen LogP contribution in [0, 0.1) is 6.92 Å². The molecular weight excluding hydrogens is 390 g/mol. The number of thiophene rings is 1. The topological polar surface area (TPSA) is 64.1 Å². The smallest absolute Gasteiger partial charge is 0.237 e. The first-order valence-corrected chi connectivity index (χ1v) is 11.2. The molecule has 0 bridgehead atoms. The van der Waals surface area contributed by atoms with Crippen LogP contribution in [0.1, 0.15) is 36.0 Å². The predicted molar refractivity (Wildman–Crippen MR) is 116 cm³/mol. The highest BCUT2D eigenvalue weighted by atomic mass is 32.2. The highest BCUT2D eigenvalue weighted by Gasteiger charge is 2.24. The first-order valence-electron chi connectivity index (χ1n) is 9.46. The molecule has 0 spiro atoms. The van der Waals surface area contributed by atoms with Gasteiger partial charge < -0.3 is 10.1 Å². The van der Waals surface area contributed by atoms with E-state index in [1.807, 2.05) is 38.1 Å². The Bertz CT molecular complexity index is 1030. The molecule has 1 aliphatic rings. The molecule has 0 fully saturated rings. The lowest BCUT2D eigenvalue weighted by atomic mass is 9.97. The number of amides is 1. The summed E-state index contributed by atoms with van der Waals surface area (Å²) in [4.78, 5) is 24.7. The van der Waals surface area contributed by atoms with Gasteiger partial charge in [-0.15, -0.1) is 11.3 Å². The highest BCUT2D eigenvalue weighted by molar-refractivity contribution is 8.00. The van der Waals surface area contributed by atoms with Crippen LogP contribution >= 0.6 is 23.1 Å². The summed E-state index contributed by atoms with van der Waals surface area (Å²) in [6.45, 7) is 3.83. The van der Waals surface area contributed by atoms with Gasteiger partial charge in [0.2, 0.25) is 5.91 Å². The molecule has 1 N–H and O–H groups in total. The maximum absolute atomic E-state index is 12.8. The van der Waals surface area contributed by atoms with Gasteiger partial charge in [-0.25, -0.2) is 9.97 Å². The summed E-state index contributed by atoms with van der Waals surface area (Å²) in [5.74, 6) is 1.34. The van der Waals surface area contributed by atoms with Crippen molar-refractivity contribution < 1.29 is 9.53 Å². The van der Waals surface area contributed by atoms with Crippen LogP contribution in [0.15, 0.2) is 29.3 Å². The fraction of sp³-hybridized carbons (Fsp3) is 0.381. The molecule has 2 heterocycles. The SMILES string of the molecule is COc1ccccc1NC(=O)[C@@H](C)Sc1nc(C)nc2sc3c(c12)CCCC3. The average Bonchev–Trinajstić information content (AvgIpc) is 3.06. The van der Waals surface area contributed by atoms with Gasteiger partial charge in [-0.2, -0.15) is 0 Å². The number of nitrogens with one attached hydrogen (secondary N) is 1. The Balaban J connectivity index is 1.60. The summed E-state index contributed by atoms with van der Waals surface area (Å²) < 4.78 is 5.33. The number of anilines is 1. The van der Waals surface area contributed by atoms with E-state index in [1.54, 1.807) is 18.4 Å². The fourth-order valence-corrected chi connectivity index (χ4v) is 5.91. The molecule has 0 saturated heterocycles. The molecule has 5 nitrogen and oxygen atoms in total. The van der Waals surface area contributed by atoms with E-state index in [0.29, 0.717) is 11.4 Å². The number of carbonyl (C=O) groups excluding carboxylic acids is 1. The second-order valence-corrected chi connectivity index (χ2v) is 9.33. The standard InChI is InChI=1S/C21H23N3O2S2/c1-12(19(25)24-15-9-5-6-10-16(15)26-3)27-20-18-14-8-4-7-11-17(14)28-21(18)23-13(2)22-20/h5-6,9-10,12H,4,7-8,11H2,1-3H3,(H,24,25)/t12-/m1/s1. The molecule has 0 unspecified atom stereocenters. The zero-order valence-corrected chi connectivity index (χ0v) is 17.9. The van der Waals surface area contributed by atoms with E-state index in [4.69, 9.17) is 9.72 Å². The number of thioether (sulfide) groups is 1. The third-order valence-electron chi connectivity index (χ3n) is 4.92. The molecular formula is C21H23N3O2S2. The van der Waals surface area contributed by atoms with E-state index in [2.05, 4.69) is 10.3 Å². The number of fused-ring (bicyclic) bond motifs is 3. The van der Waals surface area contributed by atoms with Crippen molar-refractivity contribution in [2.45, 2.75) is 49.8 Å². The monoisotopic (exact) mass is 413 g/mol. The summed E-state index contributed by atoms with van der Waals surface area (Å²) in [6, 6.07) is 7.44. The minimum absolute atomic E-state index is 0.0667. The molecule has 7 heteroatoms. The largest absolute Gasteiger partial charge is 0.495 e. The molecule has 1 aromatic carbocycles. The number of nitrogens with zero attached hydrogens (tertiary/aromatic N) is 2. The number of hydrogen-bond donors (Lipinski definition) is 1. The third kappa shape index (κ3) is 3.73. The first-order chi connectivity index (χ1) is 13.6. The van der Waals surface area contributed by atoms with Gasteiger partial charge in [0.05, 0.1) is 18.0 Å². The molecule has 146 valence electrons. The lowest BCUT2D eigenvalue weighted by molar-refractivity contribution is -0.115. The van der Waals surface area contributed by atoms with Gasteiger partial charge in [0.15, 0.2) is 0 Å². The highest BCUT2D eigenvalue weighted by Crippen LogP contribution is 2.40. The number of methoxy groups -OCH3 is 1.